The van der Waals surface area contributed by atoms with E-state index >= 15 is 0 Å². The Morgan fingerprint density at radius 1 is 1.18 bits per heavy atom. The van der Waals surface area contributed by atoms with Gasteiger partial charge in [-0.25, -0.2) is 9.97 Å². The van der Waals surface area contributed by atoms with Crippen LogP contribution < -0.4 is 0 Å². The summed E-state index contributed by atoms with van der Waals surface area (Å²) in [5.41, 5.74) is 2.29. The Bertz CT molecular complexity index is 591. The first-order valence-electron chi connectivity index (χ1n) is 5.12. The molecule has 90 valence electrons. The van der Waals surface area contributed by atoms with Gasteiger partial charge in [0.25, 0.3) is 0 Å². The minimum Gasteiger partial charge on any atom is -0.227 e. The Morgan fingerprint density at radius 2 is 1.82 bits per heavy atom. The number of hydrogen-bond acceptors (Lipinski definition) is 2. The van der Waals surface area contributed by atoms with Crippen LogP contribution in [-0.2, 0) is 5.92 Å². The molecule has 0 spiro atoms. The quantitative estimate of drug-likeness (QED) is 0.721. The predicted octanol–water partition coefficient (Wildman–Crippen LogP) is 4.01. The lowest BCUT2D eigenvalue weighted by Crippen LogP contribution is -2.13. The van der Waals surface area contributed by atoms with Crippen LogP contribution in [0.1, 0.15) is 23.9 Å². The minimum absolute atomic E-state index is 0.0679. The molecule has 1 heterocycles. The number of aromatic nitrogens is 2. The molecular formula is C12H11ClF2N2. The van der Waals surface area contributed by atoms with Crippen molar-refractivity contribution in [1.82, 2.24) is 9.97 Å². The van der Waals surface area contributed by atoms with E-state index in [1.54, 1.807) is 6.07 Å². The SMILES string of the molecule is Cc1cc(C)c2nc(C(C)(F)F)nc(Cl)c2c1. The maximum Gasteiger partial charge on any atom is 0.303 e. The van der Waals surface area contributed by atoms with Gasteiger partial charge in [-0.1, -0.05) is 23.2 Å². The lowest BCUT2D eigenvalue weighted by atomic mass is 10.1. The highest BCUT2D eigenvalue weighted by Gasteiger charge is 2.29. The highest BCUT2D eigenvalue weighted by Crippen LogP contribution is 2.30. The van der Waals surface area contributed by atoms with Gasteiger partial charge >= 0.3 is 5.92 Å². The average molecular weight is 257 g/mol. The van der Waals surface area contributed by atoms with E-state index in [-0.39, 0.29) is 5.15 Å². The van der Waals surface area contributed by atoms with Crippen molar-refractivity contribution in [2.45, 2.75) is 26.7 Å². The average Bonchev–Trinajstić information content (AvgIpc) is 2.17. The fourth-order valence-corrected chi connectivity index (χ4v) is 1.97. The van der Waals surface area contributed by atoms with Crippen LogP contribution in [0.25, 0.3) is 10.9 Å². The topological polar surface area (TPSA) is 25.8 Å². The van der Waals surface area contributed by atoms with Crippen LogP contribution in [0.5, 0.6) is 0 Å². The van der Waals surface area contributed by atoms with Gasteiger partial charge in [-0.05, 0) is 25.5 Å². The second kappa shape index (κ2) is 3.88. The van der Waals surface area contributed by atoms with E-state index in [0.717, 1.165) is 18.1 Å². The van der Waals surface area contributed by atoms with E-state index in [1.165, 1.54) is 0 Å². The monoisotopic (exact) mass is 256 g/mol. The van der Waals surface area contributed by atoms with Gasteiger partial charge in [0.1, 0.15) is 5.15 Å². The Balaban J connectivity index is 2.83. The smallest absolute Gasteiger partial charge is 0.227 e. The normalized spacial score (nSPS) is 12.1. The van der Waals surface area contributed by atoms with E-state index < -0.39 is 11.7 Å². The summed E-state index contributed by atoms with van der Waals surface area (Å²) in [6.45, 7) is 4.48. The summed E-state index contributed by atoms with van der Waals surface area (Å²) in [6.07, 6.45) is 0. The summed E-state index contributed by atoms with van der Waals surface area (Å²) >= 11 is 5.93. The molecule has 0 aliphatic carbocycles. The number of aryl methyl sites for hydroxylation is 2. The Kier molecular flexibility index (Phi) is 2.78. The van der Waals surface area contributed by atoms with E-state index in [9.17, 15) is 8.78 Å². The predicted molar refractivity (Wildman–Crippen MR) is 63.6 cm³/mol. The number of alkyl halides is 2. The van der Waals surface area contributed by atoms with Crippen molar-refractivity contribution in [3.05, 3.63) is 34.2 Å². The van der Waals surface area contributed by atoms with Crippen LogP contribution in [0, 0.1) is 13.8 Å². The zero-order valence-corrected chi connectivity index (χ0v) is 10.4. The molecule has 0 saturated heterocycles. The highest BCUT2D eigenvalue weighted by atomic mass is 35.5. The third kappa shape index (κ3) is 2.22. The zero-order valence-electron chi connectivity index (χ0n) is 9.68. The van der Waals surface area contributed by atoms with E-state index in [2.05, 4.69) is 9.97 Å². The lowest BCUT2D eigenvalue weighted by molar-refractivity contribution is 0.00808. The molecule has 5 heteroatoms. The molecule has 2 rings (SSSR count). The maximum atomic E-state index is 13.2. The van der Waals surface area contributed by atoms with Crippen molar-refractivity contribution in [3.8, 4) is 0 Å². The van der Waals surface area contributed by atoms with Crippen molar-refractivity contribution in [1.29, 1.82) is 0 Å². The van der Waals surface area contributed by atoms with E-state index in [0.29, 0.717) is 10.9 Å². The van der Waals surface area contributed by atoms with Crippen molar-refractivity contribution in [3.63, 3.8) is 0 Å². The third-order valence-corrected chi connectivity index (χ3v) is 2.77. The van der Waals surface area contributed by atoms with Crippen molar-refractivity contribution >= 4 is 22.5 Å². The van der Waals surface area contributed by atoms with E-state index in [1.807, 2.05) is 19.9 Å². The second-order valence-electron chi connectivity index (χ2n) is 4.20. The number of rotatable bonds is 1. The molecule has 0 saturated carbocycles. The summed E-state index contributed by atoms with van der Waals surface area (Å²) in [5, 5.41) is 0.676. The largest absolute Gasteiger partial charge is 0.303 e. The molecule has 1 aromatic heterocycles. The van der Waals surface area contributed by atoms with Gasteiger partial charge in [0, 0.05) is 12.3 Å². The summed E-state index contributed by atoms with van der Waals surface area (Å²) in [6, 6.07) is 3.67. The first-order chi connectivity index (χ1) is 7.79. The number of nitrogens with zero attached hydrogens (tertiary/aromatic N) is 2. The van der Waals surface area contributed by atoms with Crippen molar-refractivity contribution in [2.24, 2.45) is 0 Å². The van der Waals surface area contributed by atoms with Gasteiger partial charge in [0.2, 0.25) is 5.82 Å². The Morgan fingerprint density at radius 3 is 2.41 bits per heavy atom. The second-order valence-corrected chi connectivity index (χ2v) is 4.56. The van der Waals surface area contributed by atoms with Crippen molar-refractivity contribution in [2.75, 3.05) is 0 Å². The van der Waals surface area contributed by atoms with Crippen LogP contribution in [0.4, 0.5) is 8.78 Å². The van der Waals surface area contributed by atoms with Crippen LogP contribution in [-0.4, -0.2) is 9.97 Å². The summed E-state index contributed by atoms with van der Waals surface area (Å²) in [4.78, 5) is 7.56. The van der Waals surface area contributed by atoms with Crippen LogP contribution in [0.2, 0.25) is 5.15 Å². The molecule has 1 aromatic carbocycles. The lowest BCUT2D eigenvalue weighted by Gasteiger charge is -2.12. The summed E-state index contributed by atoms with van der Waals surface area (Å²) in [7, 11) is 0. The van der Waals surface area contributed by atoms with Gasteiger partial charge in [-0.3, -0.25) is 0 Å². The number of benzene rings is 1. The number of fused-ring (bicyclic) bond motifs is 1. The summed E-state index contributed by atoms with van der Waals surface area (Å²) < 4.78 is 26.4. The molecule has 0 aliphatic rings. The van der Waals surface area contributed by atoms with Gasteiger partial charge in [-0.15, -0.1) is 0 Å². The van der Waals surface area contributed by atoms with Crippen LogP contribution >= 0.6 is 11.6 Å². The fraction of sp³-hybridized carbons (Fsp3) is 0.333. The van der Waals surface area contributed by atoms with Crippen LogP contribution in [0.3, 0.4) is 0 Å². The molecular weight excluding hydrogens is 246 g/mol. The minimum atomic E-state index is -3.09. The van der Waals surface area contributed by atoms with E-state index in [4.69, 9.17) is 11.6 Å². The molecule has 2 aromatic rings. The molecule has 0 radical (unpaired) electrons. The molecule has 0 atom stereocenters. The van der Waals surface area contributed by atoms with Gasteiger partial charge in [0.15, 0.2) is 0 Å². The number of halogens is 3. The standard InChI is InChI=1S/C12H11ClF2N2/c1-6-4-7(2)9-8(5-6)10(13)17-11(16-9)12(3,14)15/h4-5H,1-3H3. The highest BCUT2D eigenvalue weighted by molar-refractivity contribution is 6.34. The Labute approximate surface area is 103 Å². The number of hydrogen-bond donors (Lipinski definition) is 0. The first kappa shape index (κ1) is 12.2. The van der Waals surface area contributed by atoms with Gasteiger partial charge < -0.3 is 0 Å². The van der Waals surface area contributed by atoms with Gasteiger partial charge in [-0.2, -0.15) is 8.78 Å². The third-order valence-electron chi connectivity index (χ3n) is 2.48. The molecule has 0 amide bonds. The van der Waals surface area contributed by atoms with Gasteiger partial charge in [0.05, 0.1) is 5.52 Å². The van der Waals surface area contributed by atoms with Crippen LogP contribution in [0.15, 0.2) is 12.1 Å². The fourth-order valence-electron chi connectivity index (χ4n) is 1.75. The summed E-state index contributed by atoms with van der Waals surface area (Å²) in [5.74, 6) is -3.63. The molecule has 0 aliphatic heterocycles. The molecule has 0 N–H and O–H groups in total. The Hall–Kier alpha value is -1.29. The zero-order chi connectivity index (χ0) is 12.8. The molecule has 2 nitrogen and oxygen atoms in total. The first-order valence-corrected chi connectivity index (χ1v) is 5.49. The molecule has 0 unspecified atom stereocenters. The van der Waals surface area contributed by atoms with Crippen molar-refractivity contribution < 1.29 is 8.78 Å². The molecule has 0 bridgehead atoms. The maximum absolute atomic E-state index is 13.2. The molecule has 17 heavy (non-hydrogen) atoms. The molecule has 0 fully saturated rings.